The fraction of sp³-hybridized carbons (Fsp3) is 0.0952. The van der Waals surface area contributed by atoms with Crippen LogP contribution in [0.3, 0.4) is 0 Å². The van der Waals surface area contributed by atoms with E-state index in [1.807, 2.05) is 12.3 Å². The van der Waals surface area contributed by atoms with Crippen molar-refractivity contribution in [1.29, 1.82) is 5.26 Å². The Labute approximate surface area is 160 Å². The predicted molar refractivity (Wildman–Crippen MR) is 100 cm³/mol. The van der Waals surface area contributed by atoms with E-state index in [0.717, 1.165) is 11.1 Å². The largest absolute Gasteiger partial charge is 0.496 e. The Hall–Kier alpha value is -3.92. The van der Waals surface area contributed by atoms with Crippen molar-refractivity contribution in [1.82, 2.24) is 14.4 Å². The number of rotatable bonds is 5. The molecule has 0 spiro atoms. The van der Waals surface area contributed by atoms with Gasteiger partial charge < -0.3 is 9.47 Å². The highest BCUT2D eigenvalue weighted by Crippen LogP contribution is 2.30. The summed E-state index contributed by atoms with van der Waals surface area (Å²) in [6.45, 7) is 0.197. The van der Waals surface area contributed by atoms with Gasteiger partial charge in [-0.2, -0.15) is 5.26 Å². The summed E-state index contributed by atoms with van der Waals surface area (Å²) in [5, 5.41) is 9.05. The summed E-state index contributed by atoms with van der Waals surface area (Å²) in [5.74, 6) is 1.20. The smallest absolute Gasteiger partial charge is 0.234 e. The maximum atomic E-state index is 13.2. The summed E-state index contributed by atoms with van der Waals surface area (Å²) < 4.78 is 26.0. The Morgan fingerprint density at radius 2 is 2.07 bits per heavy atom. The molecule has 0 atom stereocenters. The summed E-state index contributed by atoms with van der Waals surface area (Å²) in [6, 6.07) is 13.3. The lowest BCUT2D eigenvalue weighted by molar-refractivity contribution is 0.300. The van der Waals surface area contributed by atoms with E-state index in [0.29, 0.717) is 28.5 Å². The minimum atomic E-state index is -0.352. The van der Waals surface area contributed by atoms with E-state index >= 15 is 0 Å². The SMILES string of the molecule is COc1cc(C#N)ccc1-c1cnc2nc(COc3cccc(F)c3)cn2c1. The van der Waals surface area contributed by atoms with E-state index in [-0.39, 0.29) is 12.4 Å². The number of hydrogen-bond acceptors (Lipinski definition) is 5. The van der Waals surface area contributed by atoms with Gasteiger partial charge in [0.05, 0.1) is 24.4 Å². The third-order valence-electron chi connectivity index (χ3n) is 4.18. The van der Waals surface area contributed by atoms with Crippen LogP contribution in [-0.4, -0.2) is 21.5 Å². The maximum absolute atomic E-state index is 13.2. The predicted octanol–water partition coefficient (Wildman–Crippen LogP) is 3.99. The standard InChI is InChI=1S/C21H15FN4O2/c1-27-20-7-14(9-23)5-6-19(20)15-10-24-21-25-17(12-26(21)11-15)13-28-18-4-2-3-16(22)8-18/h2-8,10-12H,13H2,1H3. The number of aromatic nitrogens is 3. The zero-order valence-corrected chi connectivity index (χ0v) is 15.0. The second-order valence-corrected chi connectivity index (χ2v) is 6.06. The minimum Gasteiger partial charge on any atom is -0.496 e. The number of nitrogens with zero attached hydrogens (tertiary/aromatic N) is 4. The average Bonchev–Trinajstić information content (AvgIpc) is 3.14. The van der Waals surface area contributed by atoms with E-state index in [2.05, 4.69) is 16.0 Å². The van der Waals surface area contributed by atoms with E-state index in [9.17, 15) is 4.39 Å². The zero-order valence-electron chi connectivity index (χ0n) is 15.0. The number of methoxy groups -OCH3 is 1. The van der Waals surface area contributed by atoms with Crippen molar-refractivity contribution < 1.29 is 13.9 Å². The lowest BCUT2D eigenvalue weighted by Crippen LogP contribution is -1.95. The molecule has 0 aliphatic heterocycles. The summed E-state index contributed by atoms with van der Waals surface area (Å²) in [5.41, 5.74) is 2.83. The molecule has 4 rings (SSSR count). The molecule has 0 N–H and O–H groups in total. The van der Waals surface area contributed by atoms with Crippen LogP contribution in [0.5, 0.6) is 11.5 Å². The molecule has 7 heteroatoms. The maximum Gasteiger partial charge on any atom is 0.234 e. The molecular weight excluding hydrogens is 359 g/mol. The van der Waals surface area contributed by atoms with Crippen LogP contribution in [0.2, 0.25) is 0 Å². The molecule has 0 fully saturated rings. The number of ether oxygens (including phenoxy) is 2. The second kappa shape index (κ2) is 7.37. The summed E-state index contributed by atoms with van der Waals surface area (Å²) in [4.78, 5) is 8.79. The van der Waals surface area contributed by atoms with Crippen LogP contribution in [0.25, 0.3) is 16.9 Å². The van der Waals surface area contributed by atoms with Crippen molar-refractivity contribution in [2.75, 3.05) is 7.11 Å². The van der Waals surface area contributed by atoms with Crippen LogP contribution >= 0.6 is 0 Å². The molecule has 0 saturated carbocycles. The molecular formula is C21H15FN4O2. The molecule has 0 radical (unpaired) electrons. The van der Waals surface area contributed by atoms with Gasteiger partial charge in [-0.05, 0) is 30.3 Å². The molecule has 138 valence electrons. The molecule has 0 amide bonds. The van der Waals surface area contributed by atoms with Gasteiger partial charge in [0.2, 0.25) is 5.78 Å². The van der Waals surface area contributed by atoms with Gasteiger partial charge in [-0.15, -0.1) is 0 Å². The lowest BCUT2D eigenvalue weighted by atomic mass is 10.1. The van der Waals surface area contributed by atoms with Gasteiger partial charge in [0.1, 0.15) is 23.9 Å². The summed E-state index contributed by atoms with van der Waals surface area (Å²) in [7, 11) is 1.56. The molecule has 6 nitrogen and oxygen atoms in total. The van der Waals surface area contributed by atoms with E-state index < -0.39 is 0 Å². The molecule has 0 saturated heterocycles. The highest BCUT2D eigenvalue weighted by atomic mass is 19.1. The molecule has 2 aromatic carbocycles. The number of fused-ring (bicyclic) bond motifs is 1. The van der Waals surface area contributed by atoms with Gasteiger partial charge in [0, 0.05) is 35.8 Å². The first-order valence-electron chi connectivity index (χ1n) is 8.47. The first-order chi connectivity index (χ1) is 13.7. The van der Waals surface area contributed by atoms with Gasteiger partial charge in [0.25, 0.3) is 0 Å². The van der Waals surface area contributed by atoms with Crippen molar-refractivity contribution in [3.8, 4) is 28.7 Å². The molecule has 0 aliphatic carbocycles. The van der Waals surface area contributed by atoms with E-state index in [1.165, 1.54) is 12.1 Å². The fourth-order valence-electron chi connectivity index (χ4n) is 2.86. The van der Waals surface area contributed by atoms with Crippen LogP contribution in [0.15, 0.2) is 61.1 Å². The Morgan fingerprint density at radius 1 is 1.18 bits per heavy atom. The number of benzene rings is 2. The third-order valence-corrected chi connectivity index (χ3v) is 4.18. The first kappa shape index (κ1) is 17.5. The van der Waals surface area contributed by atoms with Gasteiger partial charge in [0.15, 0.2) is 0 Å². The van der Waals surface area contributed by atoms with Crippen LogP contribution in [0.4, 0.5) is 4.39 Å². The van der Waals surface area contributed by atoms with Gasteiger partial charge in [-0.25, -0.2) is 14.4 Å². The second-order valence-electron chi connectivity index (χ2n) is 6.06. The molecule has 4 aromatic rings. The molecule has 0 unspecified atom stereocenters. The van der Waals surface area contributed by atoms with E-state index in [4.69, 9.17) is 14.7 Å². The van der Waals surface area contributed by atoms with Crippen molar-refractivity contribution in [3.63, 3.8) is 0 Å². The van der Waals surface area contributed by atoms with E-state index in [1.54, 1.807) is 48.2 Å². The minimum absolute atomic E-state index is 0.197. The topological polar surface area (TPSA) is 72.4 Å². The average molecular weight is 374 g/mol. The number of hydrogen-bond donors (Lipinski definition) is 0. The Morgan fingerprint density at radius 3 is 2.86 bits per heavy atom. The van der Waals surface area contributed by atoms with Gasteiger partial charge in [-0.3, -0.25) is 4.40 Å². The van der Waals surface area contributed by atoms with Crippen LogP contribution in [0.1, 0.15) is 11.3 Å². The highest BCUT2D eigenvalue weighted by Gasteiger charge is 2.10. The molecule has 2 aromatic heterocycles. The lowest BCUT2D eigenvalue weighted by Gasteiger charge is -2.08. The first-order valence-corrected chi connectivity index (χ1v) is 8.47. The quantitative estimate of drug-likeness (QED) is 0.528. The van der Waals surface area contributed by atoms with Crippen molar-refractivity contribution >= 4 is 5.78 Å². The summed E-state index contributed by atoms with van der Waals surface area (Å²) >= 11 is 0. The van der Waals surface area contributed by atoms with Gasteiger partial charge >= 0.3 is 0 Å². The Bertz CT molecular complexity index is 1200. The van der Waals surface area contributed by atoms with Crippen molar-refractivity contribution in [2.24, 2.45) is 0 Å². The molecule has 28 heavy (non-hydrogen) atoms. The third kappa shape index (κ3) is 3.48. The monoisotopic (exact) mass is 374 g/mol. The normalized spacial score (nSPS) is 10.6. The zero-order chi connectivity index (χ0) is 19.5. The molecule has 2 heterocycles. The summed E-state index contributed by atoms with van der Waals surface area (Å²) in [6.07, 6.45) is 5.38. The van der Waals surface area contributed by atoms with Gasteiger partial charge in [-0.1, -0.05) is 6.07 Å². The number of halogens is 1. The van der Waals surface area contributed by atoms with Crippen LogP contribution in [0, 0.1) is 17.1 Å². The number of imidazole rings is 1. The van der Waals surface area contributed by atoms with Crippen molar-refractivity contribution in [3.05, 3.63) is 78.1 Å². The molecule has 0 bridgehead atoms. The van der Waals surface area contributed by atoms with Crippen molar-refractivity contribution in [2.45, 2.75) is 6.61 Å². The molecule has 0 aliphatic rings. The van der Waals surface area contributed by atoms with Crippen LogP contribution < -0.4 is 9.47 Å². The Kier molecular flexibility index (Phi) is 4.60. The number of nitriles is 1. The fourth-order valence-corrected chi connectivity index (χ4v) is 2.86. The highest BCUT2D eigenvalue weighted by molar-refractivity contribution is 5.71. The van der Waals surface area contributed by atoms with Crippen LogP contribution in [-0.2, 0) is 6.61 Å². The Balaban J connectivity index is 1.61.